The summed E-state index contributed by atoms with van der Waals surface area (Å²) in [7, 11) is 1.57. The van der Waals surface area contributed by atoms with E-state index in [1.54, 1.807) is 23.9 Å². The molecule has 0 bridgehead atoms. The Balaban J connectivity index is 1.56. The highest BCUT2D eigenvalue weighted by atomic mass is 35.5. The van der Waals surface area contributed by atoms with E-state index in [9.17, 15) is 4.79 Å². The molecular weight excluding hydrogens is 338 g/mol. The average molecular weight is 356 g/mol. The van der Waals surface area contributed by atoms with E-state index in [0.29, 0.717) is 29.4 Å². The van der Waals surface area contributed by atoms with E-state index < -0.39 is 0 Å². The molecule has 0 unspecified atom stereocenters. The highest BCUT2D eigenvalue weighted by Crippen LogP contribution is 2.25. The average Bonchev–Trinajstić information content (AvgIpc) is 3.09. The smallest absolute Gasteiger partial charge is 0.225 e. The van der Waals surface area contributed by atoms with Crippen LogP contribution in [0.1, 0.15) is 12.0 Å². The van der Waals surface area contributed by atoms with E-state index in [1.807, 2.05) is 48.7 Å². The monoisotopic (exact) mass is 355 g/mol. The van der Waals surface area contributed by atoms with Gasteiger partial charge in [0.2, 0.25) is 5.91 Å². The molecule has 0 saturated heterocycles. The Morgan fingerprint density at radius 2 is 2.00 bits per heavy atom. The number of anilines is 1. The van der Waals surface area contributed by atoms with E-state index in [2.05, 4.69) is 10.4 Å². The SMILES string of the molecule is COc1ccc(CCC(=O)Nc2ccn(-c3ccccc3)n2)cc1Cl. The van der Waals surface area contributed by atoms with Crippen LogP contribution < -0.4 is 10.1 Å². The molecule has 6 heteroatoms. The van der Waals surface area contributed by atoms with E-state index in [-0.39, 0.29) is 5.91 Å². The predicted molar refractivity (Wildman–Crippen MR) is 98.5 cm³/mol. The highest BCUT2D eigenvalue weighted by Gasteiger charge is 2.08. The van der Waals surface area contributed by atoms with E-state index in [1.165, 1.54) is 0 Å². The lowest BCUT2D eigenvalue weighted by atomic mass is 10.1. The molecule has 1 aromatic heterocycles. The van der Waals surface area contributed by atoms with E-state index in [0.717, 1.165) is 11.3 Å². The van der Waals surface area contributed by atoms with E-state index in [4.69, 9.17) is 16.3 Å². The van der Waals surface area contributed by atoms with Crippen LogP contribution in [0.2, 0.25) is 5.02 Å². The molecule has 3 aromatic rings. The van der Waals surface area contributed by atoms with Crippen molar-refractivity contribution >= 4 is 23.3 Å². The first-order valence-electron chi connectivity index (χ1n) is 7.89. The fourth-order valence-corrected chi connectivity index (χ4v) is 2.72. The molecular formula is C19H18ClN3O2. The number of para-hydroxylation sites is 1. The maximum absolute atomic E-state index is 12.1. The normalized spacial score (nSPS) is 10.5. The number of rotatable bonds is 6. The van der Waals surface area contributed by atoms with Crippen LogP contribution in [0, 0.1) is 0 Å². The number of hydrogen-bond acceptors (Lipinski definition) is 3. The summed E-state index contributed by atoms with van der Waals surface area (Å²) < 4.78 is 6.84. The van der Waals surface area contributed by atoms with Gasteiger partial charge in [0.15, 0.2) is 5.82 Å². The lowest BCUT2D eigenvalue weighted by Gasteiger charge is -2.06. The third-order valence-corrected chi connectivity index (χ3v) is 4.03. The zero-order chi connectivity index (χ0) is 17.6. The van der Waals surface area contributed by atoms with Gasteiger partial charge in [0.25, 0.3) is 0 Å². The Morgan fingerprint density at radius 3 is 2.72 bits per heavy atom. The number of carbonyl (C=O) groups excluding carboxylic acids is 1. The van der Waals surface area contributed by atoms with Crippen LogP contribution in [0.4, 0.5) is 5.82 Å². The standard InChI is InChI=1S/C19H18ClN3O2/c1-25-17-9-7-14(13-16(17)20)8-10-19(24)21-18-11-12-23(22-18)15-5-3-2-4-6-15/h2-7,9,11-13H,8,10H2,1H3,(H,21,22,24). The maximum atomic E-state index is 12.1. The fraction of sp³-hybridized carbons (Fsp3) is 0.158. The molecule has 0 spiro atoms. The molecule has 0 aliphatic rings. The summed E-state index contributed by atoms with van der Waals surface area (Å²) in [5.41, 5.74) is 1.92. The molecule has 0 aliphatic carbocycles. The van der Waals surface area contributed by atoms with Gasteiger partial charge in [0, 0.05) is 18.7 Å². The number of methoxy groups -OCH3 is 1. The molecule has 0 aliphatic heterocycles. The first-order chi connectivity index (χ1) is 12.2. The molecule has 1 amide bonds. The van der Waals surface area contributed by atoms with Crippen LogP contribution in [-0.4, -0.2) is 22.8 Å². The number of nitrogens with zero attached hydrogens (tertiary/aromatic N) is 2. The summed E-state index contributed by atoms with van der Waals surface area (Å²) in [6.07, 6.45) is 2.75. The second-order valence-electron chi connectivity index (χ2n) is 5.50. The largest absolute Gasteiger partial charge is 0.495 e. The summed E-state index contributed by atoms with van der Waals surface area (Å²) in [6.45, 7) is 0. The van der Waals surface area contributed by atoms with Crippen molar-refractivity contribution in [3.63, 3.8) is 0 Å². The second-order valence-corrected chi connectivity index (χ2v) is 5.91. The molecule has 3 rings (SSSR count). The minimum atomic E-state index is -0.0924. The number of nitrogens with one attached hydrogen (secondary N) is 1. The topological polar surface area (TPSA) is 56.1 Å². The minimum absolute atomic E-state index is 0.0924. The van der Waals surface area contributed by atoms with Gasteiger partial charge in [0.05, 0.1) is 17.8 Å². The molecule has 1 heterocycles. The Hall–Kier alpha value is -2.79. The summed E-state index contributed by atoms with van der Waals surface area (Å²) in [5.74, 6) is 1.06. The lowest BCUT2D eigenvalue weighted by Crippen LogP contribution is -2.13. The first kappa shape index (κ1) is 17.0. The van der Waals surface area contributed by atoms with Gasteiger partial charge < -0.3 is 10.1 Å². The van der Waals surface area contributed by atoms with Gasteiger partial charge in [-0.1, -0.05) is 35.9 Å². The molecule has 0 atom stereocenters. The summed E-state index contributed by atoms with van der Waals surface area (Å²) in [6, 6.07) is 17.0. The second kappa shape index (κ2) is 7.85. The Kier molecular flexibility index (Phi) is 5.36. The maximum Gasteiger partial charge on any atom is 0.225 e. The van der Waals surface area contributed by atoms with Gasteiger partial charge in [0.1, 0.15) is 5.75 Å². The quantitative estimate of drug-likeness (QED) is 0.724. The van der Waals surface area contributed by atoms with Crippen molar-refractivity contribution in [1.29, 1.82) is 0 Å². The highest BCUT2D eigenvalue weighted by molar-refractivity contribution is 6.32. The van der Waals surface area contributed by atoms with Crippen LogP contribution in [0.15, 0.2) is 60.8 Å². The van der Waals surface area contributed by atoms with Crippen LogP contribution in [0.3, 0.4) is 0 Å². The number of hydrogen-bond donors (Lipinski definition) is 1. The molecule has 25 heavy (non-hydrogen) atoms. The van der Waals surface area contributed by atoms with Crippen LogP contribution in [-0.2, 0) is 11.2 Å². The van der Waals surface area contributed by atoms with Crippen LogP contribution in [0.25, 0.3) is 5.69 Å². The van der Waals surface area contributed by atoms with Crippen molar-refractivity contribution in [2.45, 2.75) is 12.8 Å². The third kappa shape index (κ3) is 4.39. The fourth-order valence-electron chi connectivity index (χ4n) is 2.44. The summed E-state index contributed by atoms with van der Waals surface area (Å²) in [4.78, 5) is 12.1. The Labute approximate surface area is 151 Å². The van der Waals surface area contributed by atoms with Gasteiger partial charge >= 0.3 is 0 Å². The van der Waals surface area contributed by atoms with Gasteiger partial charge in [-0.2, -0.15) is 5.10 Å². The molecule has 0 radical (unpaired) electrons. The third-order valence-electron chi connectivity index (χ3n) is 3.73. The first-order valence-corrected chi connectivity index (χ1v) is 8.27. The van der Waals surface area contributed by atoms with Crippen LogP contribution in [0.5, 0.6) is 5.75 Å². The Bertz CT molecular complexity index is 862. The lowest BCUT2D eigenvalue weighted by molar-refractivity contribution is -0.116. The molecule has 1 N–H and O–H groups in total. The van der Waals surface area contributed by atoms with Crippen molar-refractivity contribution in [2.24, 2.45) is 0 Å². The summed E-state index contributed by atoms with van der Waals surface area (Å²) in [5, 5.41) is 7.71. The van der Waals surface area contributed by atoms with E-state index >= 15 is 0 Å². The number of aryl methyl sites for hydroxylation is 1. The molecule has 0 saturated carbocycles. The van der Waals surface area contributed by atoms with Gasteiger partial charge in [-0.3, -0.25) is 4.79 Å². The van der Waals surface area contributed by atoms with Crippen molar-refractivity contribution in [1.82, 2.24) is 9.78 Å². The minimum Gasteiger partial charge on any atom is -0.495 e. The van der Waals surface area contributed by atoms with Crippen molar-refractivity contribution in [3.05, 3.63) is 71.4 Å². The number of benzene rings is 2. The summed E-state index contributed by atoms with van der Waals surface area (Å²) >= 11 is 6.10. The Morgan fingerprint density at radius 1 is 1.20 bits per heavy atom. The van der Waals surface area contributed by atoms with Crippen molar-refractivity contribution in [3.8, 4) is 11.4 Å². The predicted octanol–water partition coefficient (Wildman–Crippen LogP) is 4.11. The number of ether oxygens (including phenoxy) is 1. The number of amides is 1. The molecule has 0 fully saturated rings. The molecule has 2 aromatic carbocycles. The number of carbonyl (C=O) groups is 1. The molecule has 128 valence electrons. The number of aromatic nitrogens is 2. The van der Waals surface area contributed by atoms with Crippen molar-refractivity contribution < 1.29 is 9.53 Å². The van der Waals surface area contributed by atoms with Gasteiger partial charge in [-0.15, -0.1) is 0 Å². The van der Waals surface area contributed by atoms with Crippen molar-refractivity contribution in [2.75, 3.05) is 12.4 Å². The molecule has 5 nitrogen and oxygen atoms in total. The van der Waals surface area contributed by atoms with Gasteiger partial charge in [-0.25, -0.2) is 4.68 Å². The zero-order valence-electron chi connectivity index (χ0n) is 13.8. The zero-order valence-corrected chi connectivity index (χ0v) is 14.5. The number of halogens is 1. The van der Waals surface area contributed by atoms with Gasteiger partial charge in [-0.05, 0) is 36.2 Å². The van der Waals surface area contributed by atoms with Crippen LogP contribution >= 0.6 is 11.6 Å².